The molecule has 0 radical (unpaired) electrons. The van der Waals surface area contributed by atoms with Crippen LogP contribution in [-0.2, 0) is 14.8 Å². The number of hydrogen-bond acceptors (Lipinski definition) is 3. The van der Waals surface area contributed by atoms with Crippen molar-refractivity contribution >= 4 is 15.9 Å². The minimum atomic E-state index is -3.52. The van der Waals surface area contributed by atoms with Gasteiger partial charge in [0.1, 0.15) is 0 Å². The van der Waals surface area contributed by atoms with Gasteiger partial charge in [0, 0.05) is 5.57 Å². The highest BCUT2D eigenvalue weighted by atomic mass is 32.2. The Morgan fingerprint density at radius 1 is 1.27 bits per heavy atom. The predicted molar refractivity (Wildman–Crippen MR) is 60.9 cm³/mol. The average molecular weight is 233 g/mol. The number of sulfonamides is 1. The van der Waals surface area contributed by atoms with Crippen molar-refractivity contribution in [2.75, 3.05) is 0 Å². The van der Waals surface area contributed by atoms with Gasteiger partial charge in [-0.2, -0.15) is 0 Å². The van der Waals surface area contributed by atoms with E-state index in [1.165, 1.54) is 13.8 Å². The van der Waals surface area contributed by atoms with Gasteiger partial charge in [0.2, 0.25) is 10.0 Å². The van der Waals surface area contributed by atoms with Crippen LogP contribution in [-0.4, -0.2) is 19.6 Å². The molecule has 1 N–H and O–H groups in total. The summed E-state index contributed by atoms with van der Waals surface area (Å²) in [5, 5.41) is -0.601. The maximum absolute atomic E-state index is 11.5. The lowest BCUT2D eigenvalue weighted by atomic mass is 10.1. The van der Waals surface area contributed by atoms with Crippen LogP contribution in [0.25, 0.3) is 0 Å². The summed E-state index contributed by atoms with van der Waals surface area (Å²) in [4.78, 5) is 11.5. The molecule has 0 aliphatic rings. The van der Waals surface area contributed by atoms with Crippen molar-refractivity contribution in [1.29, 1.82) is 0 Å². The second-order valence-corrected chi connectivity index (χ2v) is 6.02. The summed E-state index contributed by atoms with van der Waals surface area (Å²) in [7, 11) is -3.52. The highest BCUT2D eigenvalue weighted by molar-refractivity contribution is 7.90. The highest BCUT2D eigenvalue weighted by Crippen LogP contribution is 2.08. The van der Waals surface area contributed by atoms with Crippen LogP contribution in [0.2, 0.25) is 0 Å². The summed E-state index contributed by atoms with van der Waals surface area (Å²) >= 11 is 0. The van der Waals surface area contributed by atoms with E-state index in [-0.39, 0.29) is 0 Å². The molecule has 0 rings (SSSR count). The molecule has 1 amide bonds. The van der Waals surface area contributed by atoms with E-state index in [2.05, 4.69) is 0 Å². The van der Waals surface area contributed by atoms with E-state index in [9.17, 15) is 13.2 Å². The maximum Gasteiger partial charge on any atom is 0.260 e. The van der Waals surface area contributed by atoms with Crippen molar-refractivity contribution in [3.8, 4) is 0 Å². The first kappa shape index (κ1) is 14.2. The van der Waals surface area contributed by atoms with Crippen LogP contribution in [0.15, 0.2) is 11.1 Å². The number of carbonyl (C=O) groups is 1. The molecule has 0 bridgehead atoms. The van der Waals surface area contributed by atoms with Gasteiger partial charge in [0.25, 0.3) is 5.91 Å². The Morgan fingerprint density at radius 2 is 1.73 bits per heavy atom. The largest absolute Gasteiger partial charge is 0.269 e. The molecule has 0 fully saturated rings. The summed E-state index contributed by atoms with van der Waals surface area (Å²) in [5.41, 5.74) is 1.37. The van der Waals surface area contributed by atoms with E-state index in [0.717, 1.165) is 12.0 Å². The molecule has 0 atom stereocenters. The zero-order valence-electron chi connectivity index (χ0n) is 9.92. The number of allylic oxidation sites excluding steroid dienone is 1. The Balaban J connectivity index is 4.81. The second-order valence-electron chi connectivity index (χ2n) is 3.78. The standard InChI is InChI=1S/C10H19NO3S/c1-6-8(4)9(5)10(12)11-15(13,14)7(2)3/h7H,6H2,1-5H3,(H,11,12)/b9-8-. The van der Waals surface area contributed by atoms with Crippen molar-refractivity contribution in [3.05, 3.63) is 11.1 Å². The first-order valence-electron chi connectivity index (χ1n) is 4.94. The van der Waals surface area contributed by atoms with Gasteiger partial charge in [0.15, 0.2) is 0 Å². The van der Waals surface area contributed by atoms with Crippen molar-refractivity contribution in [1.82, 2.24) is 4.72 Å². The van der Waals surface area contributed by atoms with Crippen LogP contribution in [0.3, 0.4) is 0 Å². The van der Waals surface area contributed by atoms with E-state index in [0.29, 0.717) is 5.57 Å². The van der Waals surface area contributed by atoms with Gasteiger partial charge < -0.3 is 0 Å². The molecule has 0 saturated heterocycles. The number of nitrogens with one attached hydrogen (secondary N) is 1. The fourth-order valence-corrected chi connectivity index (χ4v) is 1.43. The fourth-order valence-electron chi connectivity index (χ4n) is 0.783. The summed E-state index contributed by atoms with van der Waals surface area (Å²) in [5.74, 6) is -0.525. The number of carbonyl (C=O) groups excluding carboxylic acids is 1. The minimum Gasteiger partial charge on any atom is -0.269 e. The van der Waals surface area contributed by atoms with E-state index in [1.54, 1.807) is 6.92 Å². The van der Waals surface area contributed by atoms with E-state index in [1.807, 2.05) is 18.6 Å². The number of hydrogen-bond donors (Lipinski definition) is 1. The lowest BCUT2D eigenvalue weighted by Gasteiger charge is -2.10. The van der Waals surface area contributed by atoms with Gasteiger partial charge in [-0.05, 0) is 34.1 Å². The van der Waals surface area contributed by atoms with Crippen LogP contribution in [0, 0.1) is 0 Å². The molecule has 0 unspecified atom stereocenters. The quantitative estimate of drug-likeness (QED) is 0.750. The van der Waals surface area contributed by atoms with Crippen LogP contribution in [0.5, 0.6) is 0 Å². The molecular formula is C10H19NO3S. The lowest BCUT2D eigenvalue weighted by molar-refractivity contribution is -0.115. The SMILES string of the molecule is CC/C(C)=C(/C)C(=O)NS(=O)(=O)C(C)C. The summed E-state index contributed by atoms with van der Waals surface area (Å²) in [6.45, 7) is 8.42. The molecule has 88 valence electrons. The molecule has 0 heterocycles. The molecule has 0 spiro atoms. The molecule has 0 saturated carbocycles. The molecule has 0 aromatic rings. The summed E-state index contributed by atoms with van der Waals surface area (Å²) in [6.07, 6.45) is 0.737. The Morgan fingerprint density at radius 3 is 2.07 bits per heavy atom. The normalized spacial score (nSPS) is 13.7. The zero-order valence-corrected chi connectivity index (χ0v) is 10.7. The van der Waals surface area contributed by atoms with E-state index in [4.69, 9.17) is 0 Å². The van der Waals surface area contributed by atoms with Crippen molar-refractivity contribution in [2.45, 2.75) is 46.3 Å². The third kappa shape index (κ3) is 4.03. The molecule has 0 aliphatic heterocycles. The molecule has 4 nitrogen and oxygen atoms in total. The van der Waals surface area contributed by atoms with Crippen LogP contribution < -0.4 is 4.72 Å². The fraction of sp³-hybridized carbons (Fsp3) is 0.700. The molecule has 15 heavy (non-hydrogen) atoms. The zero-order chi connectivity index (χ0) is 12.2. The van der Waals surface area contributed by atoms with Gasteiger partial charge in [0.05, 0.1) is 5.25 Å². The molecular weight excluding hydrogens is 214 g/mol. The third-order valence-corrected chi connectivity index (χ3v) is 4.08. The Kier molecular flexibility index (Phi) is 5.00. The van der Waals surface area contributed by atoms with Gasteiger partial charge in [-0.1, -0.05) is 12.5 Å². The van der Waals surface area contributed by atoms with Crippen LogP contribution in [0.1, 0.15) is 41.0 Å². The third-order valence-electron chi connectivity index (χ3n) is 2.37. The number of rotatable bonds is 4. The van der Waals surface area contributed by atoms with Crippen LogP contribution in [0.4, 0.5) is 0 Å². The molecule has 5 heteroatoms. The Labute approximate surface area is 91.8 Å². The summed E-state index contributed by atoms with van der Waals surface area (Å²) < 4.78 is 24.8. The van der Waals surface area contributed by atoms with E-state index < -0.39 is 21.2 Å². The minimum absolute atomic E-state index is 0.474. The maximum atomic E-state index is 11.5. The van der Waals surface area contributed by atoms with Gasteiger partial charge in [-0.3, -0.25) is 4.79 Å². The molecule has 0 aliphatic carbocycles. The molecule has 0 aromatic heterocycles. The summed E-state index contributed by atoms with van der Waals surface area (Å²) in [6, 6.07) is 0. The highest BCUT2D eigenvalue weighted by Gasteiger charge is 2.20. The van der Waals surface area contributed by atoms with E-state index >= 15 is 0 Å². The topological polar surface area (TPSA) is 63.2 Å². The predicted octanol–water partition coefficient (Wildman–Crippen LogP) is 1.59. The smallest absolute Gasteiger partial charge is 0.260 e. The lowest BCUT2D eigenvalue weighted by Crippen LogP contribution is -2.36. The van der Waals surface area contributed by atoms with Gasteiger partial charge >= 0.3 is 0 Å². The Hall–Kier alpha value is -0.840. The monoisotopic (exact) mass is 233 g/mol. The van der Waals surface area contributed by atoms with Gasteiger partial charge in [-0.15, -0.1) is 0 Å². The van der Waals surface area contributed by atoms with Crippen molar-refractivity contribution in [3.63, 3.8) is 0 Å². The Bertz CT molecular complexity index is 366. The number of amides is 1. The molecule has 0 aromatic carbocycles. The van der Waals surface area contributed by atoms with Crippen molar-refractivity contribution < 1.29 is 13.2 Å². The first-order valence-corrected chi connectivity index (χ1v) is 6.49. The average Bonchev–Trinajstić information content (AvgIpc) is 2.14. The van der Waals surface area contributed by atoms with Gasteiger partial charge in [-0.25, -0.2) is 13.1 Å². The second kappa shape index (κ2) is 5.30. The van der Waals surface area contributed by atoms with Crippen molar-refractivity contribution in [2.24, 2.45) is 0 Å². The first-order chi connectivity index (χ1) is 6.72. The van der Waals surface area contributed by atoms with Crippen LogP contribution >= 0.6 is 0 Å².